The monoisotopic (exact) mass is 185 g/mol. The first-order valence-electron chi connectivity index (χ1n) is 4.97. The lowest BCUT2D eigenvalue weighted by Gasteiger charge is -2.16. The fourth-order valence-electron chi connectivity index (χ4n) is 1.17. The molecule has 2 heteroatoms. The summed E-state index contributed by atoms with van der Waals surface area (Å²) in [4.78, 5) is 3.46. The van der Waals surface area contributed by atoms with Gasteiger partial charge in [0.15, 0.2) is 0 Å². The van der Waals surface area contributed by atoms with Crippen molar-refractivity contribution in [1.82, 2.24) is 4.98 Å². The van der Waals surface area contributed by atoms with E-state index in [1.165, 1.54) is 6.42 Å². The van der Waals surface area contributed by atoms with E-state index >= 15 is 0 Å². The van der Waals surface area contributed by atoms with Gasteiger partial charge in [-0.1, -0.05) is 45.9 Å². The number of hydrogen-bond acceptors (Lipinski definition) is 1. The first kappa shape index (κ1) is 11.9. The van der Waals surface area contributed by atoms with Gasteiger partial charge in [0.2, 0.25) is 0 Å². The van der Waals surface area contributed by atoms with E-state index in [-0.39, 0.29) is 0 Å². The molecule has 0 heterocycles. The third-order valence-corrected chi connectivity index (χ3v) is 5.29. The van der Waals surface area contributed by atoms with Gasteiger partial charge < -0.3 is 4.98 Å². The SMILES string of the molecule is CCC(C)[SiH](C=CC(C)C)NC. The smallest absolute Gasteiger partial charge is 0.136 e. The van der Waals surface area contributed by atoms with Crippen molar-refractivity contribution in [1.29, 1.82) is 0 Å². The van der Waals surface area contributed by atoms with Crippen LogP contribution >= 0.6 is 0 Å². The van der Waals surface area contributed by atoms with Crippen LogP contribution in [0.5, 0.6) is 0 Å². The van der Waals surface area contributed by atoms with Crippen LogP contribution in [0.2, 0.25) is 5.54 Å². The molecule has 1 N–H and O–H groups in total. The zero-order valence-corrected chi connectivity index (χ0v) is 10.2. The second-order valence-corrected chi connectivity index (χ2v) is 6.98. The Morgan fingerprint density at radius 2 is 1.92 bits per heavy atom. The normalized spacial score (nSPS) is 17.2. The molecule has 0 spiro atoms. The molecule has 2 unspecified atom stereocenters. The van der Waals surface area contributed by atoms with Gasteiger partial charge in [0.1, 0.15) is 8.96 Å². The second-order valence-electron chi connectivity index (χ2n) is 3.83. The Kier molecular flexibility index (Phi) is 6.39. The molecule has 0 aliphatic heterocycles. The van der Waals surface area contributed by atoms with E-state index in [9.17, 15) is 0 Å². The summed E-state index contributed by atoms with van der Waals surface area (Å²) < 4.78 is 0. The van der Waals surface area contributed by atoms with Crippen molar-refractivity contribution in [2.45, 2.75) is 39.7 Å². The topological polar surface area (TPSA) is 12.0 Å². The maximum atomic E-state index is 3.46. The van der Waals surface area contributed by atoms with Crippen molar-refractivity contribution in [3.05, 3.63) is 11.8 Å². The molecular weight excluding hydrogens is 162 g/mol. The van der Waals surface area contributed by atoms with Crippen LogP contribution < -0.4 is 4.98 Å². The minimum atomic E-state index is -0.794. The van der Waals surface area contributed by atoms with E-state index in [0.717, 1.165) is 5.54 Å². The summed E-state index contributed by atoms with van der Waals surface area (Å²) in [6, 6.07) is 0. The number of hydrogen-bond donors (Lipinski definition) is 1. The summed E-state index contributed by atoms with van der Waals surface area (Å²) in [5.41, 5.74) is 3.30. The molecule has 0 aliphatic rings. The molecule has 0 bridgehead atoms. The van der Waals surface area contributed by atoms with Gasteiger partial charge in [0.25, 0.3) is 0 Å². The lowest BCUT2D eigenvalue weighted by Crippen LogP contribution is -2.32. The summed E-state index contributed by atoms with van der Waals surface area (Å²) in [7, 11) is 1.30. The lowest BCUT2D eigenvalue weighted by atomic mass is 10.2. The highest BCUT2D eigenvalue weighted by Gasteiger charge is 2.11. The van der Waals surface area contributed by atoms with Gasteiger partial charge in [-0.25, -0.2) is 0 Å². The van der Waals surface area contributed by atoms with E-state index in [1.54, 1.807) is 0 Å². The van der Waals surface area contributed by atoms with Crippen LogP contribution in [0, 0.1) is 5.92 Å². The summed E-state index contributed by atoms with van der Waals surface area (Å²) in [5, 5.41) is 0. The Morgan fingerprint density at radius 3 is 2.25 bits per heavy atom. The van der Waals surface area contributed by atoms with Crippen LogP contribution in [-0.4, -0.2) is 16.0 Å². The standard InChI is InChI=1S/C10H23NSi/c1-6-10(4)12(11-5)8-7-9(2)3/h7-12H,6H2,1-5H3. The van der Waals surface area contributed by atoms with Crippen LogP contribution in [-0.2, 0) is 0 Å². The molecule has 12 heavy (non-hydrogen) atoms. The van der Waals surface area contributed by atoms with Crippen molar-refractivity contribution >= 4 is 8.96 Å². The molecule has 0 radical (unpaired) electrons. The molecule has 0 saturated heterocycles. The number of nitrogens with one attached hydrogen (secondary N) is 1. The Morgan fingerprint density at radius 1 is 1.33 bits per heavy atom. The minimum Gasteiger partial charge on any atom is -0.339 e. The first-order valence-corrected chi connectivity index (χ1v) is 6.88. The Labute approximate surface area is 78.9 Å². The van der Waals surface area contributed by atoms with E-state index in [1.807, 2.05) is 0 Å². The van der Waals surface area contributed by atoms with Crippen LogP contribution in [0.25, 0.3) is 0 Å². The van der Waals surface area contributed by atoms with Gasteiger partial charge in [-0.3, -0.25) is 0 Å². The third kappa shape index (κ3) is 4.73. The highest BCUT2D eigenvalue weighted by molar-refractivity contribution is 6.63. The van der Waals surface area contributed by atoms with Crippen molar-refractivity contribution in [2.75, 3.05) is 7.05 Å². The average Bonchev–Trinajstić information content (AvgIpc) is 2.04. The number of allylic oxidation sites excluding steroid dienone is 1. The van der Waals surface area contributed by atoms with E-state index in [0.29, 0.717) is 5.92 Å². The highest BCUT2D eigenvalue weighted by atomic mass is 28.3. The van der Waals surface area contributed by atoms with Gasteiger partial charge in [0.05, 0.1) is 0 Å². The quantitative estimate of drug-likeness (QED) is 0.649. The van der Waals surface area contributed by atoms with Crippen LogP contribution in [0.1, 0.15) is 34.1 Å². The fraction of sp³-hybridized carbons (Fsp3) is 0.800. The van der Waals surface area contributed by atoms with Crippen molar-refractivity contribution in [3.63, 3.8) is 0 Å². The number of rotatable bonds is 5. The molecule has 0 saturated carbocycles. The Hall–Kier alpha value is -0.0831. The molecule has 0 aromatic rings. The molecular formula is C10H23NSi. The molecule has 0 aliphatic carbocycles. The van der Waals surface area contributed by atoms with Crippen LogP contribution in [0.3, 0.4) is 0 Å². The first-order chi connectivity index (χ1) is 5.61. The van der Waals surface area contributed by atoms with Crippen LogP contribution in [0.15, 0.2) is 11.8 Å². The van der Waals surface area contributed by atoms with E-state index < -0.39 is 8.96 Å². The van der Waals surface area contributed by atoms with Crippen LogP contribution in [0.4, 0.5) is 0 Å². The summed E-state index contributed by atoms with van der Waals surface area (Å²) in [5.74, 6) is 0.692. The third-order valence-electron chi connectivity index (χ3n) is 2.29. The maximum Gasteiger partial charge on any atom is 0.136 e. The van der Waals surface area contributed by atoms with Gasteiger partial charge in [-0.05, 0) is 18.5 Å². The zero-order valence-electron chi connectivity index (χ0n) is 9.09. The maximum absolute atomic E-state index is 3.46. The molecule has 0 amide bonds. The van der Waals surface area contributed by atoms with Crippen molar-refractivity contribution < 1.29 is 0 Å². The highest BCUT2D eigenvalue weighted by Crippen LogP contribution is 2.12. The summed E-state index contributed by atoms with van der Waals surface area (Å²) >= 11 is 0. The molecule has 0 aromatic heterocycles. The Bertz CT molecular complexity index is 132. The average molecular weight is 185 g/mol. The molecule has 1 nitrogen and oxygen atoms in total. The largest absolute Gasteiger partial charge is 0.339 e. The lowest BCUT2D eigenvalue weighted by molar-refractivity contribution is 0.823. The van der Waals surface area contributed by atoms with Gasteiger partial charge in [-0.15, -0.1) is 0 Å². The van der Waals surface area contributed by atoms with Gasteiger partial charge in [-0.2, -0.15) is 0 Å². The predicted octanol–water partition coefficient (Wildman–Crippen LogP) is 2.48. The van der Waals surface area contributed by atoms with E-state index in [2.05, 4.69) is 51.5 Å². The molecule has 2 atom stereocenters. The second kappa shape index (κ2) is 6.43. The fourth-order valence-corrected chi connectivity index (χ4v) is 3.50. The summed E-state index contributed by atoms with van der Waals surface area (Å²) in [6.45, 7) is 9.08. The summed E-state index contributed by atoms with van der Waals surface area (Å²) in [6.07, 6.45) is 3.62. The van der Waals surface area contributed by atoms with Crippen molar-refractivity contribution in [3.8, 4) is 0 Å². The van der Waals surface area contributed by atoms with Gasteiger partial charge in [0, 0.05) is 0 Å². The van der Waals surface area contributed by atoms with E-state index in [4.69, 9.17) is 0 Å². The molecule has 72 valence electrons. The molecule has 0 aromatic carbocycles. The predicted molar refractivity (Wildman–Crippen MR) is 59.9 cm³/mol. The minimum absolute atomic E-state index is 0.692. The molecule has 0 rings (SSSR count). The van der Waals surface area contributed by atoms with Gasteiger partial charge >= 0.3 is 0 Å². The Balaban J connectivity index is 3.98. The molecule has 0 fully saturated rings. The zero-order chi connectivity index (χ0) is 9.56. The van der Waals surface area contributed by atoms with Crippen molar-refractivity contribution in [2.24, 2.45) is 5.92 Å².